The van der Waals surface area contributed by atoms with Crippen molar-refractivity contribution in [2.24, 2.45) is 0 Å². The van der Waals surface area contributed by atoms with E-state index in [0.29, 0.717) is 32.6 Å². The lowest BCUT2D eigenvalue weighted by atomic mass is 10.1. The quantitative estimate of drug-likeness (QED) is 0.374. The molecule has 0 bridgehead atoms. The first-order chi connectivity index (χ1) is 15.2. The Labute approximate surface area is 190 Å². The molecule has 0 spiro atoms. The molecule has 0 radical (unpaired) electrons. The van der Waals surface area contributed by atoms with Gasteiger partial charge in [-0.05, 0) is 35.9 Å². The molecule has 0 saturated carbocycles. The number of rotatable bonds is 5. The molecule has 0 unspecified atom stereocenters. The topological polar surface area (TPSA) is 75.6 Å². The van der Waals surface area contributed by atoms with Crippen molar-refractivity contribution in [1.29, 1.82) is 0 Å². The van der Waals surface area contributed by atoms with E-state index in [1.165, 1.54) is 23.1 Å². The number of nitrogens with one attached hydrogen (secondary N) is 2. The fourth-order valence-corrected chi connectivity index (χ4v) is 3.29. The number of amides is 1. The number of hydrogen-bond donors (Lipinski definition) is 2. The maximum Gasteiger partial charge on any atom is 0.416 e. The van der Waals surface area contributed by atoms with E-state index < -0.39 is 17.6 Å². The van der Waals surface area contributed by atoms with Gasteiger partial charge in [-0.2, -0.15) is 23.4 Å². The first-order valence-electron chi connectivity index (χ1n) is 9.20. The van der Waals surface area contributed by atoms with E-state index in [0.717, 1.165) is 12.1 Å². The maximum atomic E-state index is 12.9. The second-order valence-electron chi connectivity index (χ2n) is 6.87. The second-order valence-corrected chi connectivity index (χ2v) is 7.69. The minimum absolute atomic E-state index is 0.116. The van der Waals surface area contributed by atoms with Crippen LogP contribution in [-0.2, 0) is 12.7 Å². The largest absolute Gasteiger partial charge is 0.416 e. The Morgan fingerprint density at radius 1 is 1.09 bits per heavy atom. The fraction of sp³-hybridized carbons (Fsp3) is 0.0952. The van der Waals surface area contributed by atoms with Crippen molar-refractivity contribution in [2.45, 2.75) is 12.7 Å². The number of benzene rings is 2. The van der Waals surface area contributed by atoms with Crippen molar-refractivity contribution in [3.05, 3.63) is 87.8 Å². The maximum absolute atomic E-state index is 12.9. The molecule has 2 heterocycles. The van der Waals surface area contributed by atoms with E-state index in [-0.39, 0.29) is 12.2 Å². The molecule has 6 nitrogen and oxygen atoms in total. The first kappa shape index (κ1) is 21.9. The highest BCUT2D eigenvalue weighted by atomic mass is 35.5. The smallest absolute Gasteiger partial charge is 0.318 e. The molecule has 0 aliphatic heterocycles. The van der Waals surface area contributed by atoms with Crippen LogP contribution in [-0.4, -0.2) is 25.9 Å². The van der Waals surface area contributed by atoms with E-state index in [2.05, 4.69) is 20.6 Å². The minimum Gasteiger partial charge on any atom is -0.318 e. The van der Waals surface area contributed by atoms with E-state index >= 15 is 0 Å². The number of hydrogen-bond acceptors (Lipinski definition) is 3. The zero-order valence-electron chi connectivity index (χ0n) is 16.1. The standard InChI is InChI=1S/C21H14Cl2F3N5O/c22-16-5-4-13(7-17(16)23)18-8-19(30-29-18)20(32)28-15-9-27-31(11-15)10-12-2-1-3-14(6-12)21(24,25)26/h1-9,11H,10H2,(H,28,32)(H,29,30). The van der Waals surface area contributed by atoms with Gasteiger partial charge in [0.2, 0.25) is 0 Å². The molecule has 2 N–H and O–H groups in total. The van der Waals surface area contributed by atoms with Gasteiger partial charge >= 0.3 is 6.18 Å². The SMILES string of the molecule is O=C(Nc1cnn(Cc2cccc(C(F)(F)F)c2)c1)c1cc(-c2ccc(Cl)c(Cl)c2)n[nH]1. The highest BCUT2D eigenvalue weighted by Crippen LogP contribution is 2.30. The van der Waals surface area contributed by atoms with Crippen LogP contribution in [0.15, 0.2) is 60.9 Å². The van der Waals surface area contributed by atoms with Crippen molar-refractivity contribution >= 4 is 34.8 Å². The summed E-state index contributed by atoms with van der Waals surface area (Å²) in [5, 5.41) is 14.3. The molecule has 32 heavy (non-hydrogen) atoms. The van der Waals surface area contributed by atoms with Crippen LogP contribution in [0.4, 0.5) is 18.9 Å². The highest BCUT2D eigenvalue weighted by Gasteiger charge is 2.30. The molecular weight excluding hydrogens is 466 g/mol. The number of carbonyl (C=O) groups excluding carboxylic acids is 1. The zero-order valence-corrected chi connectivity index (χ0v) is 17.6. The third-order valence-corrected chi connectivity index (χ3v) is 5.27. The number of halogens is 5. The first-order valence-corrected chi connectivity index (χ1v) is 9.95. The molecule has 0 fully saturated rings. The Kier molecular flexibility index (Phi) is 5.94. The van der Waals surface area contributed by atoms with Gasteiger partial charge in [-0.1, -0.05) is 41.4 Å². The summed E-state index contributed by atoms with van der Waals surface area (Å²) < 4.78 is 40.0. The molecular formula is C21H14Cl2F3N5O. The van der Waals surface area contributed by atoms with Crippen LogP contribution in [0.3, 0.4) is 0 Å². The fourth-order valence-electron chi connectivity index (χ4n) is 2.99. The summed E-state index contributed by atoms with van der Waals surface area (Å²) in [4.78, 5) is 12.5. The number of aromatic amines is 1. The molecule has 2 aromatic heterocycles. The molecule has 0 aliphatic rings. The van der Waals surface area contributed by atoms with Crippen LogP contribution < -0.4 is 5.32 Å². The van der Waals surface area contributed by atoms with Gasteiger partial charge in [0.05, 0.1) is 39.7 Å². The third-order valence-electron chi connectivity index (χ3n) is 4.53. The van der Waals surface area contributed by atoms with E-state index in [1.54, 1.807) is 30.3 Å². The van der Waals surface area contributed by atoms with Crippen LogP contribution in [0, 0.1) is 0 Å². The number of anilines is 1. The summed E-state index contributed by atoms with van der Waals surface area (Å²) in [7, 11) is 0. The molecule has 4 rings (SSSR count). The summed E-state index contributed by atoms with van der Waals surface area (Å²) >= 11 is 11.9. The van der Waals surface area contributed by atoms with Gasteiger partial charge in [-0.25, -0.2) is 0 Å². The molecule has 0 aliphatic carbocycles. The van der Waals surface area contributed by atoms with Gasteiger partial charge in [0.25, 0.3) is 5.91 Å². The van der Waals surface area contributed by atoms with Gasteiger partial charge in [0, 0.05) is 11.8 Å². The highest BCUT2D eigenvalue weighted by molar-refractivity contribution is 6.42. The average molecular weight is 480 g/mol. The molecule has 0 saturated heterocycles. The Bertz CT molecular complexity index is 1280. The van der Waals surface area contributed by atoms with E-state index in [9.17, 15) is 18.0 Å². The Balaban J connectivity index is 1.43. The Morgan fingerprint density at radius 2 is 1.91 bits per heavy atom. The van der Waals surface area contributed by atoms with E-state index in [4.69, 9.17) is 23.2 Å². The van der Waals surface area contributed by atoms with Gasteiger partial charge in [0.1, 0.15) is 5.69 Å². The lowest BCUT2D eigenvalue weighted by molar-refractivity contribution is -0.137. The Morgan fingerprint density at radius 3 is 2.66 bits per heavy atom. The van der Waals surface area contributed by atoms with Crippen LogP contribution in [0.25, 0.3) is 11.3 Å². The predicted molar refractivity (Wildman–Crippen MR) is 115 cm³/mol. The third kappa shape index (κ3) is 4.95. The zero-order chi connectivity index (χ0) is 22.9. The van der Waals surface area contributed by atoms with Gasteiger partial charge in [-0.3, -0.25) is 14.6 Å². The van der Waals surface area contributed by atoms with Crippen LogP contribution in [0.2, 0.25) is 10.0 Å². The molecule has 0 atom stereocenters. The van der Waals surface area contributed by atoms with Crippen molar-refractivity contribution < 1.29 is 18.0 Å². The number of alkyl halides is 3. The van der Waals surface area contributed by atoms with Crippen LogP contribution in [0.5, 0.6) is 0 Å². The molecule has 2 aromatic carbocycles. The monoisotopic (exact) mass is 479 g/mol. The number of carbonyl (C=O) groups is 1. The van der Waals surface area contributed by atoms with Crippen LogP contribution in [0.1, 0.15) is 21.6 Å². The summed E-state index contributed by atoms with van der Waals surface area (Å²) in [6.45, 7) is 0.116. The van der Waals surface area contributed by atoms with Crippen molar-refractivity contribution in [1.82, 2.24) is 20.0 Å². The molecule has 11 heteroatoms. The summed E-state index contributed by atoms with van der Waals surface area (Å²) in [5.74, 6) is -0.456. The molecule has 164 valence electrons. The van der Waals surface area contributed by atoms with Crippen molar-refractivity contribution in [3.63, 3.8) is 0 Å². The molecule has 1 amide bonds. The van der Waals surface area contributed by atoms with Crippen molar-refractivity contribution in [2.75, 3.05) is 5.32 Å². The number of nitrogens with zero attached hydrogens (tertiary/aromatic N) is 3. The summed E-state index contributed by atoms with van der Waals surface area (Å²) in [6, 6.07) is 11.5. The van der Waals surface area contributed by atoms with Gasteiger partial charge < -0.3 is 5.32 Å². The summed E-state index contributed by atoms with van der Waals surface area (Å²) in [6.07, 6.45) is -1.49. The average Bonchev–Trinajstić information content (AvgIpc) is 3.40. The Hall–Kier alpha value is -3.30. The predicted octanol–water partition coefficient (Wildman–Crippen LogP) is 5.90. The van der Waals surface area contributed by atoms with Gasteiger partial charge in [-0.15, -0.1) is 0 Å². The lowest BCUT2D eigenvalue weighted by Crippen LogP contribution is -2.12. The number of H-pyrrole nitrogens is 1. The summed E-state index contributed by atoms with van der Waals surface area (Å²) in [5.41, 5.74) is 1.48. The second kappa shape index (κ2) is 8.68. The van der Waals surface area contributed by atoms with E-state index in [1.807, 2.05) is 0 Å². The normalized spacial score (nSPS) is 11.5. The van der Waals surface area contributed by atoms with Crippen molar-refractivity contribution in [3.8, 4) is 11.3 Å². The van der Waals surface area contributed by atoms with Gasteiger partial charge in [0.15, 0.2) is 0 Å². The molecule has 4 aromatic rings. The lowest BCUT2D eigenvalue weighted by Gasteiger charge is -2.08. The van der Waals surface area contributed by atoms with Crippen LogP contribution >= 0.6 is 23.2 Å². The number of aromatic nitrogens is 4. The minimum atomic E-state index is -4.42.